The lowest BCUT2D eigenvalue weighted by molar-refractivity contribution is -0.151. The summed E-state index contributed by atoms with van der Waals surface area (Å²) in [7, 11) is -5.77. The Morgan fingerprint density at radius 1 is 1.11 bits per heavy atom. The van der Waals surface area contributed by atoms with E-state index in [-0.39, 0.29) is 47.1 Å². The summed E-state index contributed by atoms with van der Waals surface area (Å²) >= 11 is 1.01. The number of halogens is 2. The molecule has 4 fully saturated rings. The first-order chi connectivity index (χ1) is 21.8. The summed E-state index contributed by atoms with van der Waals surface area (Å²) < 4.78 is 40.4. The molecule has 0 spiro atoms. The minimum atomic E-state index is -5.77. The fourth-order valence-electron chi connectivity index (χ4n) is 7.28. The number of hydrogen-bond donors (Lipinski definition) is 3. The van der Waals surface area contributed by atoms with Gasteiger partial charge in [0.1, 0.15) is 17.5 Å². The van der Waals surface area contributed by atoms with Gasteiger partial charge in [0.2, 0.25) is 11.8 Å². The molecule has 3 N–H and O–H groups in total. The summed E-state index contributed by atoms with van der Waals surface area (Å²) in [6.07, 6.45) is 4.92. The molecule has 0 radical (unpaired) electrons. The molecule has 0 bridgehead atoms. The maximum Gasteiger partial charge on any atom is 0.399 e. The molecule has 11 nitrogen and oxygen atoms in total. The van der Waals surface area contributed by atoms with Crippen LogP contribution in [0.4, 0.5) is 8.78 Å². The summed E-state index contributed by atoms with van der Waals surface area (Å²) in [5.41, 5.74) is -5.55. The zero-order chi connectivity index (χ0) is 32.6. The second-order valence-corrected chi connectivity index (χ2v) is 15.5. The number of carbonyl (C=O) groups excluding carboxylic acids is 3. The van der Waals surface area contributed by atoms with Crippen LogP contribution in [-0.2, 0) is 25.2 Å². The minimum absolute atomic E-state index is 0.132. The van der Waals surface area contributed by atoms with Gasteiger partial charge in [-0.2, -0.15) is 14.0 Å². The third-order valence-corrected chi connectivity index (χ3v) is 12.0. The second kappa shape index (κ2) is 10.9. The number of aromatic nitrogens is 1. The molecule has 3 amide bonds. The van der Waals surface area contributed by atoms with E-state index in [0.29, 0.717) is 35.6 Å². The Balaban J connectivity index is 1.09. The maximum absolute atomic E-state index is 14.3. The Kier molecular flexibility index (Phi) is 7.32. The van der Waals surface area contributed by atoms with Gasteiger partial charge < -0.3 is 24.9 Å². The molecule has 3 saturated heterocycles. The van der Waals surface area contributed by atoms with Crippen LogP contribution in [0.5, 0.6) is 0 Å². The monoisotopic (exact) mass is 669 g/mol. The highest BCUT2D eigenvalue weighted by Gasteiger charge is 2.55. The molecule has 1 saturated carbocycles. The first-order valence-corrected chi connectivity index (χ1v) is 17.5. The summed E-state index contributed by atoms with van der Waals surface area (Å²) in [6.45, 7) is 0.363. The van der Waals surface area contributed by atoms with Crippen molar-refractivity contribution in [3.05, 3.63) is 64.8 Å². The number of nitrogens with one attached hydrogen (secondary N) is 1. The van der Waals surface area contributed by atoms with Crippen LogP contribution in [0.1, 0.15) is 53.0 Å². The molecule has 5 atom stereocenters. The molecule has 1 aliphatic carbocycles. The fraction of sp³-hybridized carbons (Fsp3) is 0.452. The van der Waals surface area contributed by atoms with Crippen molar-refractivity contribution in [1.82, 2.24) is 20.1 Å². The summed E-state index contributed by atoms with van der Waals surface area (Å²) in [6, 6.07) is 10.4. The molecule has 5 heterocycles. The van der Waals surface area contributed by atoms with Crippen molar-refractivity contribution < 1.29 is 37.5 Å². The predicted molar refractivity (Wildman–Crippen MR) is 162 cm³/mol. The van der Waals surface area contributed by atoms with Gasteiger partial charge >= 0.3 is 13.3 Å². The van der Waals surface area contributed by atoms with Gasteiger partial charge in [0.25, 0.3) is 5.91 Å². The lowest BCUT2D eigenvalue weighted by Crippen LogP contribution is -2.65. The highest BCUT2D eigenvalue weighted by atomic mass is 32.1. The molecular formula is C31H30F2N5O6PS. The van der Waals surface area contributed by atoms with Gasteiger partial charge in [0.15, 0.2) is 0 Å². The van der Waals surface area contributed by atoms with Gasteiger partial charge in [-0.15, -0.1) is 11.3 Å². The normalized spacial score (nSPS) is 27.1. The summed E-state index contributed by atoms with van der Waals surface area (Å²) in [5.74, 6) is -0.456. The number of hydrogen-bond acceptors (Lipinski definition) is 7. The molecule has 0 unspecified atom stereocenters. The van der Waals surface area contributed by atoms with Crippen LogP contribution in [0.3, 0.4) is 0 Å². The van der Waals surface area contributed by atoms with Crippen LogP contribution in [-0.4, -0.2) is 73.5 Å². The molecule has 15 heteroatoms. The van der Waals surface area contributed by atoms with Crippen molar-refractivity contribution in [2.45, 2.75) is 61.3 Å². The van der Waals surface area contributed by atoms with E-state index in [2.05, 4.69) is 16.4 Å². The molecule has 2 aromatic heterocycles. The van der Waals surface area contributed by atoms with E-state index in [4.69, 9.17) is 9.79 Å². The number of rotatable bonds is 6. The number of thiophene rings is 1. The SMILES string of the molecule is N#CC1(c2ccccn2)CN(C(=O)[C@@H]2CC[C@@H]3C[C@H]4C[C@H]4C[C@H](NC(=O)c4cc5cc(C(F)(F)P(=O)(O)O)ccc5s4)C(=O)N32)C1. The number of fused-ring (bicyclic) bond motifs is 3. The number of pyridine rings is 1. The van der Waals surface area contributed by atoms with E-state index in [1.54, 1.807) is 34.2 Å². The van der Waals surface area contributed by atoms with Gasteiger partial charge in [-0.1, -0.05) is 12.1 Å². The molecule has 4 aliphatic rings. The van der Waals surface area contributed by atoms with Crippen molar-refractivity contribution in [2.75, 3.05) is 13.1 Å². The highest BCUT2D eigenvalue weighted by molar-refractivity contribution is 7.52. The van der Waals surface area contributed by atoms with Gasteiger partial charge in [0.05, 0.1) is 16.6 Å². The number of alkyl halides is 2. The zero-order valence-corrected chi connectivity index (χ0v) is 26.1. The van der Waals surface area contributed by atoms with Gasteiger partial charge in [-0.25, -0.2) is 0 Å². The van der Waals surface area contributed by atoms with E-state index < -0.39 is 42.2 Å². The number of amides is 3. The lowest BCUT2D eigenvalue weighted by atomic mass is 9.77. The fourth-order valence-corrected chi connectivity index (χ4v) is 8.70. The van der Waals surface area contributed by atoms with Gasteiger partial charge in [-0.05, 0) is 79.7 Å². The Morgan fingerprint density at radius 2 is 1.87 bits per heavy atom. The third-order valence-electron chi connectivity index (χ3n) is 9.88. The third kappa shape index (κ3) is 5.10. The van der Waals surface area contributed by atoms with Crippen molar-refractivity contribution in [2.24, 2.45) is 11.8 Å². The van der Waals surface area contributed by atoms with Crippen LogP contribution in [0.25, 0.3) is 10.1 Å². The first kappa shape index (κ1) is 30.9. The molecule has 240 valence electrons. The van der Waals surface area contributed by atoms with Crippen molar-refractivity contribution >= 4 is 46.7 Å². The second-order valence-electron chi connectivity index (χ2n) is 12.8. The molecule has 46 heavy (non-hydrogen) atoms. The number of nitriles is 1. The van der Waals surface area contributed by atoms with Crippen molar-refractivity contribution in [1.29, 1.82) is 5.26 Å². The largest absolute Gasteiger partial charge is 0.399 e. The molecule has 7 rings (SSSR count). The van der Waals surface area contributed by atoms with E-state index >= 15 is 0 Å². The molecular weight excluding hydrogens is 639 g/mol. The Labute approximate surface area is 266 Å². The Morgan fingerprint density at radius 3 is 2.57 bits per heavy atom. The Bertz CT molecular complexity index is 1840. The van der Waals surface area contributed by atoms with Gasteiger partial charge in [-0.3, -0.25) is 23.9 Å². The zero-order valence-electron chi connectivity index (χ0n) is 24.4. The van der Waals surface area contributed by atoms with Crippen LogP contribution in [0, 0.1) is 23.2 Å². The first-order valence-electron chi connectivity index (χ1n) is 15.0. The minimum Gasteiger partial charge on any atom is -0.340 e. The highest BCUT2D eigenvalue weighted by Crippen LogP contribution is 2.59. The van der Waals surface area contributed by atoms with Crippen LogP contribution < -0.4 is 5.32 Å². The molecule has 3 aliphatic heterocycles. The van der Waals surface area contributed by atoms with Crippen LogP contribution in [0.2, 0.25) is 0 Å². The quantitative estimate of drug-likeness (QED) is 0.335. The summed E-state index contributed by atoms with van der Waals surface area (Å²) in [5, 5.41) is 13.0. The predicted octanol–water partition coefficient (Wildman–Crippen LogP) is 3.71. The van der Waals surface area contributed by atoms with Gasteiger partial charge in [0, 0.05) is 35.6 Å². The number of nitrogens with zero attached hydrogens (tertiary/aromatic N) is 4. The maximum atomic E-state index is 14.3. The number of likely N-dealkylation sites (tertiary alicyclic amines) is 1. The van der Waals surface area contributed by atoms with E-state index in [0.717, 1.165) is 36.3 Å². The Hall–Kier alpha value is -3.76. The van der Waals surface area contributed by atoms with Crippen LogP contribution in [0.15, 0.2) is 48.7 Å². The number of benzene rings is 1. The number of carbonyl (C=O) groups is 3. The lowest BCUT2D eigenvalue weighted by Gasteiger charge is -2.47. The molecule has 3 aromatic rings. The standard InChI is InChI=1S/C31H30F2N5O6PS/c32-31(33,45(42,43)44)20-4-7-24-19(10-20)13-25(46-24)27(39)36-22-12-18-9-17(18)11-21-5-6-23(38(21)28(22)40)29(41)37-15-30(14-34,16-37)26-3-1-2-8-35-26/h1-4,7-8,10,13,17-18,21-23H,5-6,9,11-12,15-16H2,(H,36,39)(H2,42,43,44)/t17-,18+,21-,22+,23+/m1/s1. The average molecular weight is 670 g/mol. The van der Waals surface area contributed by atoms with Crippen molar-refractivity contribution in [3.63, 3.8) is 0 Å². The van der Waals surface area contributed by atoms with E-state index in [1.165, 1.54) is 12.1 Å². The molecule has 1 aromatic carbocycles. The summed E-state index contributed by atoms with van der Waals surface area (Å²) in [4.78, 5) is 67.3. The van der Waals surface area contributed by atoms with Crippen molar-refractivity contribution in [3.8, 4) is 6.07 Å². The van der Waals surface area contributed by atoms with Crippen LogP contribution >= 0.6 is 18.9 Å². The topological polar surface area (TPSA) is 164 Å². The van der Waals surface area contributed by atoms with E-state index in [1.807, 2.05) is 0 Å². The average Bonchev–Trinajstić information content (AvgIpc) is 3.37. The smallest absolute Gasteiger partial charge is 0.340 e. The van der Waals surface area contributed by atoms with E-state index in [9.17, 15) is 33.0 Å².